The van der Waals surface area contributed by atoms with Crippen LogP contribution in [0.2, 0.25) is 5.02 Å². The molecule has 0 bridgehead atoms. The van der Waals surface area contributed by atoms with Crippen LogP contribution >= 0.6 is 11.6 Å². The van der Waals surface area contributed by atoms with Gasteiger partial charge in [-0.25, -0.2) is 0 Å². The Bertz CT molecular complexity index is 968. The molecule has 0 spiro atoms. The minimum absolute atomic E-state index is 0.189. The van der Waals surface area contributed by atoms with Gasteiger partial charge in [0, 0.05) is 17.8 Å². The fourth-order valence-electron chi connectivity index (χ4n) is 2.83. The topological polar surface area (TPSA) is 67.9 Å². The normalized spacial score (nSPS) is 14.0. The second-order valence-electron chi connectivity index (χ2n) is 6.08. The molecule has 0 radical (unpaired) electrons. The van der Waals surface area contributed by atoms with E-state index in [4.69, 9.17) is 21.1 Å². The quantitative estimate of drug-likeness (QED) is 0.797. The monoisotopic (exact) mass is 386 g/mol. The molecule has 6 nitrogen and oxygen atoms in total. The maximum absolute atomic E-state index is 12.7. The predicted octanol–water partition coefficient (Wildman–Crippen LogP) is 3.49. The number of rotatable bonds is 5. The van der Waals surface area contributed by atoms with Gasteiger partial charge in [-0.2, -0.15) is 0 Å². The van der Waals surface area contributed by atoms with Gasteiger partial charge in [0.1, 0.15) is 5.70 Å². The van der Waals surface area contributed by atoms with Crippen molar-refractivity contribution >= 4 is 34.7 Å². The summed E-state index contributed by atoms with van der Waals surface area (Å²) in [7, 11) is 4.49. The molecular formula is C20H19ClN2O4. The summed E-state index contributed by atoms with van der Waals surface area (Å²) >= 11 is 6.17. The summed E-state index contributed by atoms with van der Waals surface area (Å²) < 4.78 is 10.5. The van der Waals surface area contributed by atoms with Crippen LogP contribution in [0, 0.1) is 6.92 Å². The average molecular weight is 387 g/mol. The molecule has 7 heteroatoms. The number of amides is 2. The number of nitrogens with one attached hydrogen (secondary N) is 1. The number of carbonyl (C=O) groups is 2. The molecule has 0 aromatic heterocycles. The maximum Gasteiger partial charge on any atom is 0.277 e. The summed E-state index contributed by atoms with van der Waals surface area (Å²) in [6.07, 6.45) is 0. The van der Waals surface area contributed by atoms with E-state index >= 15 is 0 Å². The number of anilines is 1. The first-order chi connectivity index (χ1) is 12.9. The number of ether oxygens (including phenoxy) is 2. The Hall–Kier alpha value is -2.99. The fraction of sp³-hybridized carbons (Fsp3) is 0.200. The van der Waals surface area contributed by atoms with Crippen molar-refractivity contribution in [1.82, 2.24) is 4.90 Å². The minimum atomic E-state index is -0.415. The lowest BCUT2D eigenvalue weighted by atomic mass is 10.0. The molecule has 2 amide bonds. The van der Waals surface area contributed by atoms with Crippen LogP contribution in [0.15, 0.2) is 42.1 Å². The largest absolute Gasteiger partial charge is 0.493 e. The zero-order valence-corrected chi connectivity index (χ0v) is 16.2. The van der Waals surface area contributed by atoms with E-state index in [1.165, 1.54) is 21.3 Å². The third kappa shape index (κ3) is 3.36. The molecule has 0 saturated heterocycles. The number of nitrogens with zero attached hydrogens (tertiary/aromatic N) is 1. The number of methoxy groups -OCH3 is 2. The van der Waals surface area contributed by atoms with Gasteiger partial charge in [-0.1, -0.05) is 23.7 Å². The first-order valence-corrected chi connectivity index (χ1v) is 8.57. The van der Waals surface area contributed by atoms with E-state index in [0.717, 1.165) is 10.5 Å². The molecule has 2 aromatic rings. The Morgan fingerprint density at radius 2 is 1.67 bits per heavy atom. The summed E-state index contributed by atoms with van der Waals surface area (Å²) in [5.41, 5.74) is 2.54. The highest BCUT2D eigenvalue weighted by Gasteiger charge is 2.37. The number of likely N-dealkylation sites (N-methyl/N-ethyl adjacent to an activating group) is 1. The van der Waals surface area contributed by atoms with Gasteiger partial charge in [0.15, 0.2) is 11.5 Å². The van der Waals surface area contributed by atoms with Gasteiger partial charge in [-0.05, 0) is 42.3 Å². The van der Waals surface area contributed by atoms with Gasteiger partial charge in [0.2, 0.25) is 0 Å². The highest BCUT2D eigenvalue weighted by atomic mass is 35.5. The number of halogens is 1. The first-order valence-electron chi connectivity index (χ1n) is 8.19. The van der Waals surface area contributed by atoms with Crippen molar-refractivity contribution in [2.24, 2.45) is 0 Å². The van der Waals surface area contributed by atoms with Gasteiger partial charge in [0.05, 0.1) is 19.8 Å². The first kappa shape index (κ1) is 18.8. The van der Waals surface area contributed by atoms with Crippen LogP contribution in [0.25, 0.3) is 5.57 Å². The zero-order chi connectivity index (χ0) is 19.7. The van der Waals surface area contributed by atoms with Crippen LogP contribution in [0.4, 0.5) is 5.69 Å². The molecule has 0 unspecified atom stereocenters. The van der Waals surface area contributed by atoms with E-state index < -0.39 is 11.8 Å². The van der Waals surface area contributed by atoms with Crippen LogP contribution in [0.1, 0.15) is 11.1 Å². The molecule has 0 saturated carbocycles. The number of carbonyl (C=O) groups excluding carboxylic acids is 2. The van der Waals surface area contributed by atoms with Crippen molar-refractivity contribution in [2.45, 2.75) is 6.92 Å². The van der Waals surface area contributed by atoms with Crippen molar-refractivity contribution in [1.29, 1.82) is 0 Å². The lowest BCUT2D eigenvalue weighted by Crippen LogP contribution is -2.27. The van der Waals surface area contributed by atoms with Crippen LogP contribution in [-0.2, 0) is 9.59 Å². The molecule has 1 aliphatic heterocycles. The van der Waals surface area contributed by atoms with Gasteiger partial charge < -0.3 is 14.8 Å². The molecule has 3 rings (SSSR count). The standard InChI is InChI=1S/C20H19ClN2O4/c1-11-5-7-13(10-14(11)21)22-18-17(19(24)23(2)20(18)25)12-6-8-15(26-3)16(9-12)27-4/h5-10,22H,1-4H3. The number of hydrogen-bond donors (Lipinski definition) is 1. The Morgan fingerprint density at radius 3 is 2.30 bits per heavy atom. The molecular weight excluding hydrogens is 368 g/mol. The summed E-state index contributed by atoms with van der Waals surface area (Å²) in [4.78, 5) is 26.4. The molecule has 1 aliphatic rings. The van der Waals surface area contributed by atoms with Gasteiger partial charge in [0.25, 0.3) is 11.8 Å². The number of aryl methyl sites for hydroxylation is 1. The third-order valence-electron chi connectivity index (χ3n) is 4.40. The highest BCUT2D eigenvalue weighted by Crippen LogP contribution is 2.35. The Morgan fingerprint density at radius 1 is 0.963 bits per heavy atom. The van der Waals surface area contributed by atoms with Gasteiger partial charge in [-0.15, -0.1) is 0 Å². The Labute approximate surface area is 162 Å². The number of hydrogen-bond acceptors (Lipinski definition) is 5. The van der Waals surface area contributed by atoms with E-state index in [-0.39, 0.29) is 11.3 Å². The van der Waals surface area contributed by atoms with Crippen LogP contribution in [-0.4, -0.2) is 38.0 Å². The SMILES string of the molecule is COc1ccc(C2=C(Nc3ccc(C)c(Cl)c3)C(=O)N(C)C2=O)cc1OC. The van der Waals surface area contributed by atoms with Crippen molar-refractivity contribution in [3.8, 4) is 11.5 Å². The molecule has 1 N–H and O–H groups in total. The highest BCUT2D eigenvalue weighted by molar-refractivity contribution is 6.36. The van der Waals surface area contributed by atoms with Gasteiger partial charge >= 0.3 is 0 Å². The van der Waals surface area contributed by atoms with Crippen LogP contribution in [0.5, 0.6) is 11.5 Å². The predicted molar refractivity (Wildman–Crippen MR) is 104 cm³/mol. The van der Waals surface area contributed by atoms with Crippen LogP contribution in [0.3, 0.4) is 0 Å². The Balaban J connectivity index is 2.11. The molecule has 140 valence electrons. The number of imide groups is 1. The van der Waals surface area contributed by atoms with Crippen molar-refractivity contribution < 1.29 is 19.1 Å². The smallest absolute Gasteiger partial charge is 0.277 e. The molecule has 1 heterocycles. The van der Waals surface area contributed by atoms with E-state index in [9.17, 15) is 9.59 Å². The van der Waals surface area contributed by atoms with Crippen molar-refractivity contribution in [3.05, 3.63) is 58.2 Å². The maximum atomic E-state index is 12.7. The molecule has 27 heavy (non-hydrogen) atoms. The molecule has 2 aromatic carbocycles. The van der Waals surface area contributed by atoms with Crippen molar-refractivity contribution in [2.75, 3.05) is 26.6 Å². The zero-order valence-electron chi connectivity index (χ0n) is 15.4. The Kier molecular flexibility index (Phi) is 5.10. The number of benzene rings is 2. The van der Waals surface area contributed by atoms with E-state index in [2.05, 4.69) is 5.32 Å². The van der Waals surface area contributed by atoms with Gasteiger partial charge in [-0.3, -0.25) is 14.5 Å². The lowest BCUT2D eigenvalue weighted by Gasteiger charge is -2.11. The summed E-state index contributed by atoms with van der Waals surface area (Å²) in [6, 6.07) is 10.4. The lowest BCUT2D eigenvalue weighted by molar-refractivity contribution is -0.135. The fourth-order valence-corrected chi connectivity index (χ4v) is 3.01. The molecule has 0 atom stereocenters. The van der Waals surface area contributed by atoms with E-state index in [1.54, 1.807) is 30.3 Å². The van der Waals surface area contributed by atoms with E-state index in [1.807, 2.05) is 13.0 Å². The second kappa shape index (κ2) is 7.32. The minimum Gasteiger partial charge on any atom is -0.493 e. The third-order valence-corrected chi connectivity index (χ3v) is 4.81. The van der Waals surface area contributed by atoms with E-state index in [0.29, 0.717) is 27.8 Å². The average Bonchev–Trinajstić information content (AvgIpc) is 2.88. The second-order valence-corrected chi connectivity index (χ2v) is 6.49. The molecule has 0 fully saturated rings. The summed E-state index contributed by atoms with van der Waals surface area (Å²) in [5, 5.41) is 3.61. The molecule has 0 aliphatic carbocycles. The van der Waals surface area contributed by atoms with Crippen LogP contribution < -0.4 is 14.8 Å². The summed E-state index contributed by atoms with van der Waals surface area (Å²) in [6.45, 7) is 1.89. The van der Waals surface area contributed by atoms with Crippen molar-refractivity contribution in [3.63, 3.8) is 0 Å². The summed E-state index contributed by atoms with van der Waals surface area (Å²) in [5.74, 6) is 0.191.